The van der Waals surface area contributed by atoms with E-state index >= 15 is 0 Å². The fourth-order valence-corrected chi connectivity index (χ4v) is 6.14. The lowest BCUT2D eigenvalue weighted by Crippen LogP contribution is -2.24. The van der Waals surface area contributed by atoms with Gasteiger partial charge in [0.1, 0.15) is 18.4 Å². The van der Waals surface area contributed by atoms with E-state index in [0.717, 1.165) is 28.4 Å². The third-order valence-corrected chi connectivity index (χ3v) is 8.49. The number of nitriles is 1. The molecule has 4 rings (SSSR count). The van der Waals surface area contributed by atoms with Gasteiger partial charge in [-0.1, -0.05) is 12.1 Å². The van der Waals surface area contributed by atoms with E-state index in [-0.39, 0.29) is 18.1 Å². The zero-order valence-corrected chi connectivity index (χ0v) is 20.1. The highest BCUT2D eigenvalue weighted by Gasteiger charge is 2.28. The Morgan fingerprint density at radius 1 is 1.15 bits per heavy atom. The number of anilines is 1. The lowest BCUT2D eigenvalue weighted by atomic mass is 10.1. The Bertz CT molecular complexity index is 1450. The minimum atomic E-state index is -3.26. The quantitative estimate of drug-likeness (QED) is 0.506. The molecule has 3 aromatic rings. The summed E-state index contributed by atoms with van der Waals surface area (Å²) in [7, 11) is -6.39. The maximum atomic E-state index is 12.2. The molecule has 8 nitrogen and oxygen atoms in total. The van der Waals surface area contributed by atoms with E-state index in [1.807, 2.05) is 35.8 Å². The number of ether oxygens (including phenoxy) is 1. The van der Waals surface area contributed by atoms with Crippen LogP contribution >= 0.6 is 0 Å². The van der Waals surface area contributed by atoms with Crippen LogP contribution in [0, 0.1) is 11.3 Å². The molecule has 174 valence electrons. The van der Waals surface area contributed by atoms with Crippen molar-refractivity contribution in [2.75, 3.05) is 35.2 Å². The average molecular weight is 488 g/mol. The van der Waals surface area contributed by atoms with Crippen molar-refractivity contribution in [3.05, 3.63) is 48.0 Å². The second-order valence-corrected chi connectivity index (χ2v) is 12.3. The fraction of sp³-hybridized carbons (Fsp3) is 0.348. The Hall–Kier alpha value is -3.03. The molecule has 2 heterocycles. The number of hydrogen-bond acceptors (Lipinski definition) is 6. The molecule has 0 N–H and O–H groups in total. The molecule has 0 radical (unpaired) electrons. The number of sulfone groups is 1. The lowest BCUT2D eigenvalue weighted by Gasteiger charge is -2.17. The van der Waals surface area contributed by atoms with Crippen molar-refractivity contribution in [2.45, 2.75) is 19.9 Å². The summed E-state index contributed by atoms with van der Waals surface area (Å²) in [5.74, 6) is 0.614. The van der Waals surface area contributed by atoms with Crippen molar-refractivity contribution in [1.29, 1.82) is 5.26 Å². The molecule has 0 spiro atoms. The summed E-state index contributed by atoms with van der Waals surface area (Å²) in [5, 5.41) is 10.7. The number of hydrogen-bond donors (Lipinski definition) is 0. The van der Waals surface area contributed by atoms with Crippen molar-refractivity contribution in [1.82, 2.24) is 4.57 Å². The van der Waals surface area contributed by atoms with Crippen LogP contribution in [-0.4, -0.2) is 52.3 Å². The van der Waals surface area contributed by atoms with Crippen LogP contribution in [0.1, 0.15) is 18.9 Å². The highest BCUT2D eigenvalue weighted by Crippen LogP contribution is 2.36. The first-order valence-electron chi connectivity index (χ1n) is 10.6. The first kappa shape index (κ1) is 23.1. The minimum absolute atomic E-state index is 0.0516. The minimum Gasteiger partial charge on any atom is -0.492 e. The van der Waals surface area contributed by atoms with Crippen LogP contribution < -0.4 is 9.04 Å². The second kappa shape index (κ2) is 8.72. The predicted octanol–water partition coefficient (Wildman–Crippen LogP) is 3.16. The second-order valence-electron chi connectivity index (χ2n) is 8.03. The number of nitrogens with zero attached hydrogens (tertiary/aromatic N) is 3. The third kappa shape index (κ3) is 4.56. The summed E-state index contributed by atoms with van der Waals surface area (Å²) in [4.78, 5) is 0. The number of benzene rings is 2. The Morgan fingerprint density at radius 2 is 1.88 bits per heavy atom. The molecule has 33 heavy (non-hydrogen) atoms. The van der Waals surface area contributed by atoms with Gasteiger partial charge in [0, 0.05) is 30.8 Å². The SMILES string of the molecule is CCn1c(-c2ccc(N3CCCS3(=O)=O)cc2)c(C#N)c2ccc(OCCS(C)(=O)=O)cc21. The molecule has 1 aliphatic rings. The molecule has 10 heteroatoms. The smallest absolute Gasteiger partial charge is 0.235 e. The van der Waals surface area contributed by atoms with E-state index in [2.05, 4.69) is 6.07 Å². The molecule has 1 saturated heterocycles. The van der Waals surface area contributed by atoms with E-state index in [9.17, 15) is 22.1 Å². The number of aryl methyl sites for hydroxylation is 1. The van der Waals surface area contributed by atoms with Gasteiger partial charge in [0.2, 0.25) is 10.0 Å². The molecule has 0 atom stereocenters. The average Bonchev–Trinajstić information content (AvgIpc) is 3.28. The number of rotatable bonds is 7. The van der Waals surface area contributed by atoms with E-state index in [1.54, 1.807) is 18.2 Å². The largest absolute Gasteiger partial charge is 0.492 e. The molecule has 1 aliphatic heterocycles. The van der Waals surface area contributed by atoms with Gasteiger partial charge in [-0.05, 0) is 43.2 Å². The van der Waals surface area contributed by atoms with Crippen molar-refractivity contribution in [3.63, 3.8) is 0 Å². The molecule has 1 fully saturated rings. The zero-order valence-electron chi connectivity index (χ0n) is 18.5. The summed E-state index contributed by atoms with van der Waals surface area (Å²) in [6.45, 7) is 3.10. The van der Waals surface area contributed by atoms with Crippen molar-refractivity contribution < 1.29 is 21.6 Å². The van der Waals surface area contributed by atoms with Gasteiger partial charge >= 0.3 is 0 Å². The van der Waals surface area contributed by atoms with Gasteiger partial charge in [0.25, 0.3) is 0 Å². The van der Waals surface area contributed by atoms with Crippen LogP contribution in [0.4, 0.5) is 5.69 Å². The standard InChI is InChI=1S/C23H25N3O5S2/c1-3-25-22-15-19(31-12-14-32(2,27)28)9-10-20(22)21(16-24)23(25)17-5-7-18(8-6-17)26-11-4-13-33(26,29)30/h5-10,15H,3-4,11-14H2,1-2H3. The predicted molar refractivity (Wildman–Crippen MR) is 129 cm³/mol. The molecule has 0 aliphatic carbocycles. The molecule has 0 unspecified atom stereocenters. The molecular formula is C23H25N3O5S2. The van der Waals surface area contributed by atoms with Crippen LogP contribution in [-0.2, 0) is 26.4 Å². The first-order valence-corrected chi connectivity index (χ1v) is 14.3. The fourth-order valence-electron chi connectivity index (χ4n) is 4.19. The van der Waals surface area contributed by atoms with Gasteiger partial charge in [-0.15, -0.1) is 0 Å². The molecule has 0 saturated carbocycles. The van der Waals surface area contributed by atoms with Gasteiger partial charge in [-0.25, -0.2) is 16.8 Å². The molecule has 0 amide bonds. The summed E-state index contributed by atoms with van der Waals surface area (Å²) in [6, 6.07) is 14.9. The monoisotopic (exact) mass is 487 g/mol. The van der Waals surface area contributed by atoms with Crippen LogP contribution in [0.5, 0.6) is 5.75 Å². The highest BCUT2D eigenvalue weighted by atomic mass is 32.2. The van der Waals surface area contributed by atoms with Crippen LogP contribution in [0.3, 0.4) is 0 Å². The van der Waals surface area contributed by atoms with Gasteiger partial charge < -0.3 is 9.30 Å². The van der Waals surface area contributed by atoms with Crippen LogP contribution in [0.15, 0.2) is 42.5 Å². The maximum Gasteiger partial charge on any atom is 0.235 e. The Kier molecular flexibility index (Phi) is 6.12. The molecule has 1 aromatic heterocycles. The van der Waals surface area contributed by atoms with E-state index in [0.29, 0.717) is 36.5 Å². The summed E-state index contributed by atoms with van der Waals surface area (Å²) in [5.41, 5.74) is 3.52. The van der Waals surface area contributed by atoms with Gasteiger partial charge in [-0.3, -0.25) is 4.31 Å². The number of fused-ring (bicyclic) bond motifs is 1. The molecular weight excluding hydrogens is 462 g/mol. The summed E-state index contributed by atoms with van der Waals surface area (Å²) in [6.07, 6.45) is 1.78. The Labute approximate surface area is 194 Å². The molecule has 0 bridgehead atoms. The number of aromatic nitrogens is 1. The van der Waals surface area contributed by atoms with Gasteiger partial charge in [0.05, 0.1) is 34.0 Å². The topological polar surface area (TPSA) is 109 Å². The van der Waals surface area contributed by atoms with Crippen LogP contribution in [0.2, 0.25) is 0 Å². The zero-order chi connectivity index (χ0) is 23.8. The Morgan fingerprint density at radius 3 is 2.45 bits per heavy atom. The first-order chi connectivity index (χ1) is 15.6. The van der Waals surface area contributed by atoms with Crippen molar-refractivity contribution in [2.24, 2.45) is 0 Å². The lowest BCUT2D eigenvalue weighted by molar-refractivity contribution is 0.341. The Balaban J connectivity index is 1.73. The number of sulfonamides is 1. The maximum absolute atomic E-state index is 12.2. The third-order valence-electron chi connectivity index (χ3n) is 5.71. The van der Waals surface area contributed by atoms with Crippen molar-refractivity contribution in [3.8, 4) is 23.1 Å². The van der Waals surface area contributed by atoms with E-state index < -0.39 is 19.9 Å². The van der Waals surface area contributed by atoms with Crippen molar-refractivity contribution >= 4 is 36.5 Å². The van der Waals surface area contributed by atoms with E-state index in [4.69, 9.17) is 4.74 Å². The van der Waals surface area contributed by atoms with E-state index in [1.165, 1.54) is 4.31 Å². The summed E-state index contributed by atoms with van der Waals surface area (Å²) < 4.78 is 56.3. The van der Waals surface area contributed by atoms with Crippen LogP contribution in [0.25, 0.3) is 22.2 Å². The van der Waals surface area contributed by atoms with Gasteiger partial charge in [0.15, 0.2) is 9.84 Å². The van der Waals surface area contributed by atoms with Gasteiger partial charge in [-0.2, -0.15) is 5.26 Å². The normalized spacial score (nSPS) is 15.6. The summed E-state index contributed by atoms with van der Waals surface area (Å²) >= 11 is 0. The molecule has 2 aromatic carbocycles. The highest BCUT2D eigenvalue weighted by molar-refractivity contribution is 7.93.